The fraction of sp³-hybridized carbons (Fsp3) is 0.300. The maximum absolute atomic E-state index is 5.62. The smallest absolute Gasteiger partial charge is 0.246 e. The topological polar surface area (TPSA) is 60.2 Å². The quantitative estimate of drug-likeness (QED) is 0.666. The summed E-state index contributed by atoms with van der Waals surface area (Å²) in [6.45, 7) is 7.39. The number of aromatic nitrogens is 2. The maximum Gasteiger partial charge on any atom is 0.246 e. The minimum atomic E-state index is 0.477. The summed E-state index contributed by atoms with van der Waals surface area (Å²) in [5, 5.41) is 7.38. The van der Waals surface area contributed by atoms with E-state index in [4.69, 9.17) is 9.26 Å². The Bertz CT molecular complexity index is 810. The molecule has 0 saturated heterocycles. The summed E-state index contributed by atoms with van der Waals surface area (Å²) in [5.74, 6) is 2.36. The van der Waals surface area contributed by atoms with E-state index in [9.17, 15) is 0 Å². The van der Waals surface area contributed by atoms with Gasteiger partial charge in [-0.2, -0.15) is 4.98 Å². The SMILES string of the molecule is CCOc1ccccc1-c1noc(CNc2ccc(C(C)C)cc2)n1. The number of anilines is 1. The van der Waals surface area contributed by atoms with Crippen LogP contribution >= 0.6 is 0 Å². The van der Waals surface area contributed by atoms with Crippen LogP contribution in [-0.2, 0) is 6.54 Å². The number of para-hydroxylation sites is 1. The first-order valence-corrected chi connectivity index (χ1v) is 8.56. The molecular formula is C20H23N3O2. The van der Waals surface area contributed by atoms with Crippen LogP contribution in [0.15, 0.2) is 53.1 Å². The second-order valence-corrected chi connectivity index (χ2v) is 6.07. The first-order valence-electron chi connectivity index (χ1n) is 8.56. The zero-order chi connectivity index (χ0) is 17.6. The van der Waals surface area contributed by atoms with Gasteiger partial charge in [-0.3, -0.25) is 0 Å². The second-order valence-electron chi connectivity index (χ2n) is 6.07. The average molecular weight is 337 g/mol. The van der Waals surface area contributed by atoms with Gasteiger partial charge in [0.25, 0.3) is 0 Å². The highest BCUT2D eigenvalue weighted by molar-refractivity contribution is 5.63. The third-order valence-electron chi connectivity index (χ3n) is 3.92. The third kappa shape index (κ3) is 4.18. The molecule has 0 unspecified atom stereocenters. The van der Waals surface area contributed by atoms with Crippen molar-refractivity contribution >= 4 is 5.69 Å². The standard InChI is InChI=1S/C20H23N3O2/c1-4-24-18-8-6-5-7-17(18)20-22-19(25-23-20)13-21-16-11-9-15(10-12-16)14(2)3/h5-12,14,21H,4,13H2,1-3H3. The highest BCUT2D eigenvalue weighted by atomic mass is 16.5. The summed E-state index contributed by atoms with van der Waals surface area (Å²) in [6, 6.07) is 16.1. The molecule has 130 valence electrons. The molecule has 0 aliphatic carbocycles. The molecular weight excluding hydrogens is 314 g/mol. The van der Waals surface area contributed by atoms with Gasteiger partial charge in [0.05, 0.1) is 18.7 Å². The summed E-state index contributed by atoms with van der Waals surface area (Å²) in [7, 11) is 0. The van der Waals surface area contributed by atoms with Crippen LogP contribution in [0.1, 0.15) is 38.1 Å². The minimum Gasteiger partial charge on any atom is -0.493 e. The summed E-state index contributed by atoms with van der Waals surface area (Å²) < 4.78 is 11.0. The lowest BCUT2D eigenvalue weighted by Gasteiger charge is -2.07. The molecule has 3 aromatic rings. The molecule has 0 spiro atoms. The van der Waals surface area contributed by atoms with Gasteiger partial charge in [0.2, 0.25) is 11.7 Å². The van der Waals surface area contributed by atoms with Gasteiger partial charge in [-0.05, 0) is 42.7 Å². The van der Waals surface area contributed by atoms with Crippen molar-refractivity contribution in [3.8, 4) is 17.1 Å². The van der Waals surface area contributed by atoms with E-state index < -0.39 is 0 Å². The molecule has 0 amide bonds. The van der Waals surface area contributed by atoms with Crippen molar-refractivity contribution in [3.05, 3.63) is 60.0 Å². The number of hydrogen-bond donors (Lipinski definition) is 1. The molecule has 0 aliphatic heterocycles. The Morgan fingerprint density at radius 1 is 1.08 bits per heavy atom. The van der Waals surface area contributed by atoms with E-state index in [0.717, 1.165) is 17.0 Å². The summed E-state index contributed by atoms with van der Waals surface area (Å²) in [4.78, 5) is 4.46. The van der Waals surface area contributed by atoms with Crippen molar-refractivity contribution in [2.24, 2.45) is 0 Å². The third-order valence-corrected chi connectivity index (χ3v) is 3.92. The van der Waals surface area contributed by atoms with Gasteiger partial charge in [0.1, 0.15) is 5.75 Å². The second kappa shape index (κ2) is 7.83. The molecule has 2 aromatic carbocycles. The van der Waals surface area contributed by atoms with Crippen molar-refractivity contribution in [2.45, 2.75) is 33.2 Å². The zero-order valence-electron chi connectivity index (χ0n) is 14.8. The summed E-state index contributed by atoms with van der Waals surface area (Å²) in [5.41, 5.74) is 3.18. The molecule has 25 heavy (non-hydrogen) atoms. The summed E-state index contributed by atoms with van der Waals surface area (Å²) >= 11 is 0. The fourth-order valence-corrected chi connectivity index (χ4v) is 2.53. The predicted molar refractivity (Wildman–Crippen MR) is 98.8 cm³/mol. The normalized spacial score (nSPS) is 10.9. The molecule has 0 fully saturated rings. The van der Waals surface area contributed by atoms with Crippen LogP contribution in [0, 0.1) is 0 Å². The van der Waals surface area contributed by atoms with E-state index in [-0.39, 0.29) is 0 Å². The van der Waals surface area contributed by atoms with E-state index in [1.807, 2.05) is 31.2 Å². The Hall–Kier alpha value is -2.82. The number of benzene rings is 2. The first kappa shape index (κ1) is 17.0. The molecule has 5 heteroatoms. The molecule has 0 saturated carbocycles. The molecule has 0 aliphatic rings. The van der Waals surface area contributed by atoms with Crippen LogP contribution in [0.25, 0.3) is 11.4 Å². The van der Waals surface area contributed by atoms with Crippen molar-refractivity contribution in [2.75, 3.05) is 11.9 Å². The molecule has 0 atom stereocenters. The van der Waals surface area contributed by atoms with Gasteiger partial charge in [-0.25, -0.2) is 0 Å². The molecule has 1 aromatic heterocycles. The van der Waals surface area contributed by atoms with Crippen molar-refractivity contribution in [1.29, 1.82) is 0 Å². The van der Waals surface area contributed by atoms with Gasteiger partial charge in [-0.1, -0.05) is 43.3 Å². The van der Waals surface area contributed by atoms with Gasteiger partial charge in [0.15, 0.2) is 0 Å². The number of rotatable bonds is 7. The predicted octanol–water partition coefficient (Wildman–Crippen LogP) is 4.87. The lowest BCUT2D eigenvalue weighted by molar-refractivity contribution is 0.341. The van der Waals surface area contributed by atoms with Crippen LogP contribution in [0.2, 0.25) is 0 Å². The Labute approximate surface area is 148 Å². The van der Waals surface area contributed by atoms with E-state index in [1.54, 1.807) is 0 Å². The van der Waals surface area contributed by atoms with E-state index in [0.29, 0.717) is 30.8 Å². The van der Waals surface area contributed by atoms with E-state index >= 15 is 0 Å². The van der Waals surface area contributed by atoms with Crippen LogP contribution in [0.3, 0.4) is 0 Å². The zero-order valence-corrected chi connectivity index (χ0v) is 14.8. The van der Waals surface area contributed by atoms with Crippen LogP contribution in [0.5, 0.6) is 5.75 Å². The Morgan fingerprint density at radius 3 is 2.56 bits per heavy atom. The van der Waals surface area contributed by atoms with Gasteiger partial charge in [-0.15, -0.1) is 0 Å². The largest absolute Gasteiger partial charge is 0.493 e. The molecule has 3 rings (SSSR count). The van der Waals surface area contributed by atoms with E-state index in [1.165, 1.54) is 5.56 Å². The van der Waals surface area contributed by atoms with Crippen molar-refractivity contribution < 1.29 is 9.26 Å². The maximum atomic E-state index is 5.62. The molecule has 0 radical (unpaired) electrons. The van der Waals surface area contributed by atoms with Crippen molar-refractivity contribution in [1.82, 2.24) is 10.1 Å². The summed E-state index contributed by atoms with van der Waals surface area (Å²) in [6.07, 6.45) is 0. The Balaban J connectivity index is 1.68. The van der Waals surface area contributed by atoms with Gasteiger partial charge in [0, 0.05) is 5.69 Å². The number of nitrogens with one attached hydrogen (secondary N) is 1. The Kier molecular flexibility index (Phi) is 5.33. The monoisotopic (exact) mass is 337 g/mol. The lowest BCUT2D eigenvalue weighted by atomic mass is 10.0. The van der Waals surface area contributed by atoms with E-state index in [2.05, 4.69) is 53.6 Å². The minimum absolute atomic E-state index is 0.477. The molecule has 0 bridgehead atoms. The van der Waals surface area contributed by atoms with Gasteiger partial charge >= 0.3 is 0 Å². The average Bonchev–Trinajstić information content (AvgIpc) is 3.10. The molecule has 1 heterocycles. The Morgan fingerprint density at radius 2 is 1.84 bits per heavy atom. The number of ether oxygens (including phenoxy) is 1. The lowest BCUT2D eigenvalue weighted by Crippen LogP contribution is -2.00. The van der Waals surface area contributed by atoms with Crippen molar-refractivity contribution in [3.63, 3.8) is 0 Å². The fourth-order valence-electron chi connectivity index (χ4n) is 2.53. The highest BCUT2D eigenvalue weighted by Crippen LogP contribution is 2.27. The van der Waals surface area contributed by atoms with Crippen LogP contribution < -0.4 is 10.1 Å². The number of nitrogens with zero attached hydrogens (tertiary/aromatic N) is 2. The van der Waals surface area contributed by atoms with Crippen LogP contribution in [-0.4, -0.2) is 16.7 Å². The number of hydrogen-bond acceptors (Lipinski definition) is 5. The first-order chi connectivity index (χ1) is 12.2. The molecule has 1 N–H and O–H groups in total. The van der Waals surface area contributed by atoms with Crippen LogP contribution in [0.4, 0.5) is 5.69 Å². The highest BCUT2D eigenvalue weighted by Gasteiger charge is 2.13. The van der Waals surface area contributed by atoms with Gasteiger partial charge < -0.3 is 14.6 Å². The molecule has 5 nitrogen and oxygen atoms in total.